The van der Waals surface area contributed by atoms with Gasteiger partial charge in [-0.15, -0.1) is 0 Å². The van der Waals surface area contributed by atoms with Crippen LogP contribution in [0.25, 0.3) is 16.6 Å². The molecule has 1 aliphatic carbocycles. The van der Waals surface area contributed by atoms with Crippen LogP contribution in [0.3, 0.4) is 0 Å². The van der Waals surface area contributed by atoms with E-state index in [0.717, 1.165) is 11.1 Å². The molecule has 0 atom stereocenters. The number of para-hydroxylation sites is 2. The molecule has 180 valence electrons. The predicted molar refractivity (Wildman–Crippen MR) is 146 cm³/mol. The van der Waals surface area contributed by atoms with Gasteiger partial charge in [-0.05, 0) is 66.2 Å². The van der Waals surface area contributed by atoms with Crippen molar-refractivity contribution in [1.82, 2.24) is 9.13 Å². The molecule has 0 bridgehead atoms. The molecule has 5 aromatic rings. The Bertz CT molecular complexity index is 1840. The number of nitrogens with one attached hydrogen (secondary N) is 1. The molecule has 0 spiro atoms. The molecule has 4 aromatic carbocycles. The highest BCUT2D eigenvalue weighted by atomic mass is 32.1. The largest absolute Gasteiger partial charge is 0.325 e. The number of nitrogens with zero attached hydrogens (tertiary/aromatic N) is 2. The lowest BCUT2D eigenvalue weighted by Gasteiger charge is -2.19. The lowest BCUT2D eigenvalue weighted by atomic mass is 9.85. The average molecular weight is 504 g/mol. The summed E-state index contributed by atoms with van der Waals surface area (Å²) in [5.74, 6) is -0.362. The molecule has 0 saturated heterocycles. The molecular formula is C30H21N3O3S. The van der Waals surface area contributed by atoms with Gasteiger partial charge >= 0.3 is 0 Å². The predicted octanol–water partition coefficient (Wildman–Crippen LogP) is 5.30. The van der Waals surface area contributed by atoms with E-state index in [0.29, 0.717) is 39.8 Å². The minimum Gasteiger partial charge on any atom is -0.325 e. The van der Waals surface area contributed by atoms with E-state index in [-0.39, 0.29) is 28.6 Å². The van der Waals surface area contributed by atoms with Crippen molar-refractivity contribution in [3.8, 4) is 5.69 Å². The maximum Gasteiger partial charge on any atom is 0.266 e. The van der Waals surface area contributed by atoms with Gasteiger partial charge in [0.1, 0.15) is 6.54 Å². The molecule has 0 fully saturated rings. The zero-order chi connectivity index (χ0) is 25.5. The van der Waals surface area contributed by atoms with Crippen molar-refractivity contribution in [1.29, 1.82) is 0 Å². The number of anilines is 1. The number of benzene rings is 4. The number of fused-ring (bicyclic) bond motifs is 3. The van der Waals surface area contributed by atoms with Crippen molar-refractivity contribution in [2.45, 2.75) is 13.0 Å². The molecule has 0 unspecified atom stereocenters. The summed E-state index contributed by atoms with van der Waals surface area (Å²) in [4.78, 5) is 39.6. The van der Waals surface area contributed by atoms with Gasteiger partial charge in [0.2, 0.25) is 5.91 Å². The number of hydrogen-bond donors (Lipinski definition) is 1. The summed E-state index contributed by atoms with van der Waals surface area (Å²) in [5, 5.41) is 3.37. The molecule has 0 radical (unpaired) electrons. The first-order valence-corrected chi connectivity index (χ1v) is 12.3. The van der Waals surface area contributed by atoms with Crippen LogP contribution in [0.4, 0.5) is 5.69 Å². The van der Waals surface area contributed by atoms with Gasteiger partial charge in [-0.25, -0.2) is 0 Å². The van der Waals surface area contributed by atoms with E-state index < -0.39 is 0 Å². The Morgan fingerprint density at radius 2 is 1.51 bits per heavy atom. The molecule has 1 N–H and O–H groups in total. The fourth-order valence-corrected chi connectivity index (χ4v) is 5.24. The third-order valence-corrected chi connectivity index (χ3v) is 7.05. The first-order valence-electron chi connectivity index (χ1n) is 11.9. The summed E-state index contributed by atoms with van der Waals surface area (Å²) in [7, 11) is 0. The molecule has 1 heterocycles. The molecule has 1 amide bonds. The Kier molecular flexibility index (Phi) is 5.62. The zero-order valence-electron chi connectivity index (χ0n) is 19.7. The molecule has 37 heavy (non-hydrogen) atoms. The number of hydrogen-bond acceptors (Lipinski definition) is 4. The van der Waals surface area contributed by atoms with Crippen LogP contribution in [0.15, 0.2) is 102 Å². The summed E-state index contributed by atoms with van der Waals surface area (Å²) < 4.78 is 3.33. The Hall–Kier alpha value is -4.62. The van der Waals surface area contributed by atoms with Gasteiger partial charge in [0.25, 0.3) is 5.56 Å². The topological polar surface area (TPSA) is 73.1 Å². The summed E-state index contributed by atoms with van der Waals surface area (Å²) in [6, 6.07) is 29.3. The number of rotatable bonds is 4. The lowest BCUT2D eigenvalue weighted by Crippen LogP contribution is -2.27. The lowest BCUT2D eigenvalue weighted by molar-refractivity contribution is -0.116. The van der Waals surface area contributed by atoms with Gasteiger partial charge in [-0.3, -0.25) is 19.0 Å². The van der Waals surface area contributed by atoms with Crippen molar-refractivity contribution in [3.63, 3.8) is 0 Å². The fraction of sp³-hybridized carbons (Fsp3) is 0.0667. The van der Waals surface area contributed by atoms with Gasteiger partial charge in [-0.2, -0.15) is 0 Å². The standard InChI is InChI=1S/C30H21N3O3S/c34-27(31-21-15-14-20-16-19-8-4-5-11-23(19)28(35)25(20)17-21)18-32-26-13-7-6-12-24(26)29(36)33(30(32)37)22-9-2-1-3-10-22/h1-15,17H,16,18H2,(H,31,34). The SMILES string of the molecule is O=C(Cn1c(=S)n(-c2ccccc2)c(=O)c2ccccc21)Nc1ccc2c(c1)C(=O)c1ccccc1C2. The summed E-state index contributed by atoms with van der Waals surface area (Å²) in [5.41, 5.74) is 4.73. The Morgan fingerprint density at radius 1 is 0.811 bits per heavy atom. The minimum absolute atomic E-state index is 0.0453. The van der Waals surface area contributed by atoms with E-state index in [4.69, 9.17) is 12.2 Å². The number of amides is 1. The van der Waals surface area contributed by atoms with E-state index in [1.807, 2.05) is 54.6 Å². The summed E-state index contributed by atoms with van der Waals surface area (Å²) >= 11 is 5.71. The molecule has 1 aromatic heterocycles. The van der Waals surface area contributed by atoms with Crippen molar-refractivity contribution in [2.75, 3.05) is 5.32 Å². The normalized spacial score (nSPS) is 12.2. The van der Waals surface area contributed by atoms with Crippen molar-refractivity contribution in [2.24, 2.45) is 0 Å². The Labute approximate surface area is 217 Å². The second-order valence-corrected chi connectivity index (χ2v) is 9.31. The van der Waals surface area contributed by atoms with Crippen LogP contribution in [-0.4, -0.2) is 20.8 Å². The molecule has 7 heteroatoms. The van der Waals surface area contributed by atoms with Crippen molar-refractivity contribution >= 4 is 40.5 Å². The average Bonchev–Trinajstić information content (AvgIpc) is 2.92. The van der Waals surface area contributed by atoms with Gasteiger partial charge in [0.05, 0.1) is 16.6 Å². The highest BCUT2D eigenvalue weighted by molar-refractivity contribution is 7.71. The highest BCUT2D eigenvalue weighted by Gasteiger charge is 2.23. The number of ketones is 1. The molecular weight excluding hydrogens is 482 g/mol. The van der Waals surface area contributed by atoms with Crippen LogP contribution in [0.2, 0.25) is 0 Å². The second kappa shape index (κ2) is 9.11. The Morgan fingerprint density at radius 3 is 2.35 bits per heavy atom. The molecule has 1 aliphatic rings. The van der Waals surface area contributed by atoms with Crippen molar-refractivity contribution < 1.29 is 9.59 Å². The maximum absolute atomic E-state index is 13.3. The number of aromatic nitrogens is 2. The van der Waals surface area contributed by atoms with Crippen LogP contribution < -0.4 is 10.9 Å². The van der Waals surface area contributed by atoms with Crippen molar-refractivity contribution in [3.05, 3.63) is 134 Å². The molecule has 0 aliphatic heterocycles. The van der Waals surface area contributed by atoms with Gasteiger partial charge in [0, 0.05) is 16.8 Å². The third kappa shape index (κ3) is 3.99. The third-order valence-electron chi connectivity index (χ3n) is 6.65. The van der Waals surface area contributed by atoms with E-state index in [1.54, 1.807) is 47.0 Å². The molecule has 6 rings (SSSR count). The first kappa shape index (κ1) is 22.8. The molecule has 0 saturated carbocycles. The van der Waals surface area contributed by atoms with E-state index in [1.165, 1.54) is 4.57 Å². The van der Waals surface area contributed by atoms with E-state index in [9.17, 15) is 14.4 Å². The summed E-state index contributed by atoms with van der Waals surface area (Å²) in [6.45, 7) is -0.0969. The van der Waals surface area contributed by atoms with Gasteiger partial charge < -0.3 is 9.88 Å². The quantitative estimate of drug-likeness (QED) is 0.332. The number of carbonyl (C=O) groups excluding carboxylic acids is 2. The van der Waals surface area contributed by atoms with Gasteiger partial charge in [0.15, 0.2) is 10.6 Å². The Balaban J connectivity index is 1.35. The zero-order valence-corrected chi connectivity index (χ0v) is 20.5. The van der Waals surface area contributed by atoms with Crippen LogP contribution in [0, 0.1) is 4.77 Å². The first-order chi connectivity index (χ1) is 18.0. The smallest absolute Gasteiger partial charge is 0.266 e. The van der Waals surface area contributed by atoms with E-state index >= 15 is 0 Å². The highest BCUT2D eigenvalue weighted by Crippen LogP contribution is 2.29. The maximum atomic E-state index is 13.3. The monoisotopic (exact) mass is 503 g/mol. The van der Waals surface area contributed by atoms with Crippen LogP contribution in [0.5, 0.6) is 0 Å². The van der Waals surface area contributed by atoms with Crippen LogP contribution in [0.1, 0.15) is 27.0 Å². The van der Waals surface area contributed by atoms with Crippen LogP contribution in [-0.2, 0) is 17.8 Å². The molecule has 6 nitrogen and oxygen atoms in total. The minimum atomic E-state index is -0.317. The van der Waals surface area contributed by atoms with E-state index in [2.05, 4.69) is 5.32 Å². The number of carbonyl (C=O) groups is 2. The van der Waals surface area contributed by atoms with Crippen LogP contribution >= 0.6 is 12.2 Å². The second-order valence-electron chi connectivity index (χ2n) is 8.95. The summed E-state index contributed by atoms with van der Waals surface area (Å²) in [6.07, 6.45) is 0.674. The van der Waals surface area contributed by atoms with Gasteiger partial charge in [-0.1, -0.05) is 60.7 Å². The fourth-order valence-electron chi connectivity index (χ4n) is 4.89.